The van der Waals surface area contributed by atoms with Gasteiger partial charge < -0.3 is 15.4 Å². The maximum atomic E-state index is 13.2. The molecule has 0 aromatic heterocycles. The van der Waals surface area contributed by atoms with Gasteiger partial charge in [0.05, 0.1) is 17.2 Å². The van der Waals surface area contributed by atoms with Gasteiger partial charge in [-0.3, -0.25) is 0 Å². The number of thiocarbonyl (C=S) groups is 1. The minimum absolute atomic E-state index is 0.0891. The summed E-state index contributed by atoms with van der Waals surface area (Å²) < 4.78 is 45.1. The number of hydrogen-bond donors (Lipinski definition) is 2. The lowest BCUT2D eigenvalue weighted by atomic mass is 9.87. The molecule has 0 radical (unpaired) electrons. The Morgan fingerprint density at radius 1 is 1.07 bits per heavy atom. The minimum atomic E-state index is -4.37. The molecule has 0 saturated heterocycles. The van der Waals surface area contributed by atoms with Gasteiger partial charge in [-0.05, 0) is 80.9 Å². The summed E-state index contributed by atoms with van der Waals surface area (Å²) >= 11 is 5.48. The van der Waals surface area contributed by atoms with Gasteiger partial charge in [0.25, 0.3) is 0 Å². The third-order valence-electron chi connectivity index (χ3n) is 5.04. The highest BCUT2D eigenvalue weighted by Gasteiger charge is 2.38. The molecule has 0 amide bonds. The highest BCUT2D eigenvalue weighted by Crippen LogP contribution is 2.41. The van der Waals surface area contributed by atoms with E-state index in [0.29, 0.717) is 10.7 Å². The zero-order valence-corrected chi connectivity index (χ0v) is 17.3. The van der Waals surface area contributed by atoms with Crippen LogP contribution in [0.25, 0.3) is 0 Å². The Kier molecular flexibility index (Phi) is 6.36. The van der Waals surface area contributed by atoms with Gasteiger partial charge in [0.15, 0.2) is 5.11 Å². The average Bonchev–Trinajstić information content (AvgIpc) is 3.12. The number of nitrogens with one attached hydrogen (secondary N) is 2. The molecule has 156 valence electrons. The second kappa shape index (κ2) is 8.61. The standard InChI is InChI=1S/C22H25F3N2OS/c1-15(2)28-19-10-8-18(9-11-19)26-20(29)27-21(12-3-4-13-21)16-6-5-7-17(14-16)22(23,24)25/h5-11,14-15H,3-4,12-13H2,1-2H3,(H2,26,27,29). The number of halogens is 3. The average molecular weight is 423 g/mol. The first kappa shape index (κ1) is 21.4. The quantitative estimate of drug-likeness (QED) is 0.558. The number of anilines is 1. The highest BCUT2D eigenvalue weighted by molar-refractivity contribution is 7.80. The van der Waals surface area contributed by atoms with Crippen molar-refractivity contribution in [2.45, 2.75) is 57.3 Å². The molecule has 0 aliphatic heterocycles. The van der Waals surface area contributed by atoms with Crippen LogP contribution in [0.3, 0.4) is 0 Å². The molecule has 1 aliphatic rings. The van der Waals surface area contributed by atoms with Gasteiger partial charge in [0, 0.05) is 5.69 Å². The summed E-state index contributed by atoms with van der Waals surface area (Å²) in [5, 5.41) is 6.83. The van der Waals surface area contributed by atoms with Gasteiger partial charge >= 0.3 is 6.18 Å². The van der Waals surface area contributed by atoms with Crippen LogP contribution in [-0.2, 0) is 11.7 Å². The van der Waals surface area contributed by atoms with Crippen LogP contribution in [0.15, 0.2) is 48.5 Å². The molecule has 3 nitrogen and oxygen atoms in total. The van der Waals surface area contributed by atoms with E-state index < -0.39 is 17.3 Å². The van der Waals surface area contributed by atoms with E-state index in [-0.39, 0.29) is 6.10 Å². The SMILES string of the molecule is CC(C)Oc1ccc(NC(=S)NC2(c3cccc(C(F)(F)F)c3)CCCC2)cc1. The van der Waals surface area contributed by atoms with Gasteiger partial charge in [-0.25, -0.2) is 0 Å². The molecular weight excluding hydrogens is 397 g/mol. The Labute approximate surface area is 174 Å². The van der Waals surface area contributed by atoms with Crippen molar-refractivity contribution >= 4 is 23.0 Å². The van der Waals surface area contributed by atoms with Gasteiger partial charge in [-0.15, -0.1) is 0 Å². The van der Waals surface area contributed by atoms with Crippen molar-refractivity contribution in [1.82, 2.24) is 5.32 Å². The molecular formula is C22H25F3N2OS. The van der Waals surface area contributed by atoms with Crippen LogP contribution >= 0.6 is 12.2 Å². The van der Waals surface area contributed by atoms with Crippen molar-refractivity contribution in [2.75, 3.05) is 5.32 Å². The van der Waals surface area contributed by atoms with Crippen LogP contribution in [-0.4, -0.2) is 11.2 Å². The zero-order chi connectivity index (χ0) is 21.1. The van der Waals surface area contributed by atoms with Crippen molar-refractivity contribution in [2.24, 2.45) is 0 Å². The fourth-order valence-electron chi connectivity index (χ4n) is 3.73. The van der Waals surface area contributed by atoms with Gasteiger partial charge in [-0.2, -0.15) is 13.2 Å². The third kappa shape index (κ3) is 5.41. The first-order chi connectivity index (χ1) is 13.7. The van der Waals surface area contributed by atoms with Crippen LogP contribution in [0.2, 0.25) is 0 Å². The lowest BCUT2D eigenvalue weighted by Crippen LogP contribution is -2.45. The predicted molar refractivity (Wildman–Crippen MR) is 113 cm³/mol. The van der Waals surface area contributed by atoms with Crippen LogP contribution in [0.5, 0.6) is 5.75 Å². The second-order valence-corrected chi connectivity index (χ2v) is 8.05. The van der Waals surface area contributed by atoms with Crippen molar-refractivity contribution in [3.63, 3.8) is 0 Å². The van der Waals surface area contributed by atoms with Crippen LogP contribution in [0.1, 0.15) is 50.7 Å². The molecule has 0 unspecified atom stereocenters. The fourth-order valence-corrected chi connectivity index (χ4v) is 4.04. The van der Waals surface area contributed by atoms with Crippen molar-refractivity contribution < 1.29 is 17.9 Å². The lowest BCUT2D eigenvalue weighted by Gasteiger charge is -2.33. The number of alkyl halides is 3. The molecule has 1 saturated carbocycles. The first-order valence-electron chi connectivity index (χ1n) is 9.72. The highest BCUT2D eigenvalue weighted by atomic mass is 32.1. The Morgan fingerprint density at radius 2 is 1.72 bits per heavy atom. The monoisotopic (exact) mass is 422 g/mol. The molecule has 2 N–H and O–H groups in total. The van der Waals surface area contributed by atoms with Gasteiger partial charge in [-0.1, -0.05) is 25.0 Å². The number of ether oxygens (including phenoxy) is 1. The summed E-state index contributed by atoms with van der Waals surface area (Å²) in [7, 11) is 0. The molecule has 3 rings (SSSR count). The zero-order valence-electron chi connectivity index (χ0n) is 16.5. The molecule has 1 fully saturated rings. The van der Waals surface area contributed by atoms with Crippen LogP contribution in [0.4, 0.5) is 18.9 Å². The third-order valence-corrected chi connectivity index (χ3v) is 5.24. The molecule has 2 aromatic carbocycles. The Morgan fingerprint density at radius 3 is 2.31 bits per heavy atom. The van der Waals surface area contributed by atoms with Crippen molar-refractivity contribution in [3.8, 4) is 5.75 Å². The summed E-state index contributed by atoms with van der Waals surface area (Å²) in [5.41, 5.74) is 0.180. The van der Waals surface area contributed by atoms with E-state index in [9.17, 15) is 13.2 Å². The summed E-state index contributed by atoms with van der Waals surface area (Å²) in [4.78, 5) is 0. The second-order valence-electron chi connectivity index (χ2n) is 7.64. The molecule has 7 heteroatoms. The summed E-state index contributed by atoms with van der Waals surface area (Å²) in [5.74, 6) is 0.764. The van der Waals surface area contributed by atoms with Crippen LogP contribution in [0, 0.1) is 0 Å². The normalized spacial score (nSPS) is 15.9. The van der Waals surface area contributed by atoms with E-state index in [1.807, 2.05) is 38.1 Å². The van der Waals surface area contributed by atoms with E-state index in [1.165, 1.54) is 12.1 Å². The van der Waals surface area contributed by atoms with E-state index >= 15 is 0 Å². The fraction of sp³-hybridized carbons (Fsp3) is 0.409. The minimum Gasteiger partial charge on any atom is -0.491 e. The van der Waals surface area contributed by atoms with E-state index in [2.05, 4.69) is 10.6 Å². The molecule has 2 aromatic rings. The predicted octanol–water partition coefficient (Wildman–Crippen LogP) is 6.25. The summed E-state index contributed by atoms with van der Waals surface area (Å²) in [6.45, 7) is 3.92. The molecule has 1 aliphatic carbocycles. The first-order valence-corrected chi connectivity index (χ1v) is 10.1. The maximum absolute atomic E-state index is 13.2. The number of benzene rings is 2. The lowest BCUT2D eigenvalue weighted by molar-refractivity contribution is -0.137. The number of rotatable bonds is 5. The van der Waals surface area contributed by atoms with Crippen molar-refractivity contribution in [1.29, 1.82) is 0 Å². The Bertz CT molecular complexity index is 844. The largest absolute Gasteiger partial charge is 0.491 e. The van der Waals surface area contributed by atoms with Crippen molar-refractivity contribution in [3.05, 3.63) is 59.7 Å². The topological polar surface area (TPSA) is 33.3 Å². The Hall–Kier alpha value is -2.28. The van der Waals surface area contributed by atoms with E-state index in [1.54, 1.807) is 6.07 Å². The van der Waals surface area contributed by atoms with E-state index in [4.69, 9.17) is 17.0 Å². The maximum Gasteiger partial charge on any atom is 0.416 e. The Balaban J connectivity index is 1.74. The smallest absolute Gasteiger partial charge is 0.416 e. The van der Waals surface area contributed by atoms with E-state index in [0.717, 1.165) is 43.2 Å². The molecule has 0 heterocycles. The molecule has 0 spiro atoms. The summed E-state index contributed by atoms with van der Waals surface area (Å²) in [6.07, 6.45) is -0.936. The molecule has 0 atom stereocenters. The van der Waals surface area contributed by atoms with Crippen LogP contribution < -0.4 is 15.4 Å². The number of hydrogen-bond acceptors (Lipinski definition) is 2. The molecule has 0 bridgehead atoms. The van der Waals surface area contributed by atoms with Gasteiger partial charge in [0.1, 0.15) is 5.75 Å². The molecule has 29 heavy (non-hydrogen) atoms. The summed E-state index contributed by atoms with van der Waals surface area (Å²) in [6, 6.07) is 13.0. The van der Waals surface area contributed by atoms with Gasteiger partial charge in [0.2, 0.25) is 0 Å².